The SMILES string of the molecule is O=c1cc(Nc2ccc(C(F)(F)F)cn2)c2ncc(-c3ncccc3C(F)(F)F)cc2[nH]1. The van der Waals surface area contributed by atoms with Gasteiger partial charge in [-0.1, -0.05) is 0 Å². The molecule has 6 nitrogen and oxygen atoms in total. The Bertz CT molecular complexity index is 1350. The number of aromatic amines is 1. The first-order chi connectivity index (χ1) is 15.0. The van der Waals surface area contributed by atoms with Crippen LogP contribution >= 0.6 is 0 Å². The van der Waals surface area contributed by atoms with Gasteiger partial charge in [-0.25, -0.2) is 4.98 Å². The molecule has 0 saturated heterocycles. The van der Waals surface area contributed by atoms with Crippen LogP contribution in [0.25, 0.3) is 22.3 Å². The predicted molar refractivity (Wildman–Crippen MR) is 103 cm³/mol. The third-order valence-electron chi connectivity index (χ3n) is 4.42. The lowest BCUT2D eigenvalue weighted by Gasteiger charge is -2.13. The first-order valence-corrected chi connectivity index (χ1v) is 8.88. The van der Waals surface area contributed by atoms with Crippen molar-refractivity contribution in [3.8, 4) is 11.3 Å². The summed E-state index contributed by atoms with van der Waals surface area (Å²) in [4.78, 5) is 26.1. The van der Waals surface area contributed by atoms with E-state index in [2.05, 4.69) is 25.3 Å². The largest absolute Gasteiger partial charge is 0.418 e. The molecule has 2 N–H and O–H groups in total. The van der Waals surface area contributed by atoms with Gasteiger partial charge in [0.1, 0.15) is 11.3 Å². The van der Waals surface area contributed by atoms with Crippen molar-refractivity contribution in [2.45, 2.75) is 12.4 Å². The molecule has 0 aliphatic rings. The monoisotopic (exact) mass is 451 g/mol. The number of nitrogens with zero attached hydrogens (tertiary/aromatic N) is 3. The minimum atomic E-state index is -4.65. The Labute approximate surface area is 175 Å². The molecule has 0 aliphatic heterocycles. The molecule has 12 heteroatoms. The molecular formula is C20H11F6N5O. The lowest BCUT2D eigenvalue weighted by atomic mass is 10.1. The maximum absolute atomic E-state index is 13.3. The van der Waals surface area contributed by atoms with Crippen LogP contribution < -0.4 is 10.9 Å². The molecular weight excluding hydrogens is 440 g/mol. The number of pyridine rings is 4. The first kappa shape index (κ1) is 21.3. The summed E-state index contributed by atoms with van der Waals surface area (Å²) >= 11 is 0. The average molecular weight is 451 g/mol. The van der Waals surface area contributed by atoms with Crippen molar-refractivity contribution in [3.05, 3.63) is 76.5 Å². The van der Waals surface area contributed by atoms with Crippen molar-refractivity contribution in [2.75, 3.05) is 5.32 Å². The van der Waals surface area contributed by atoms with Crippen molar-refractivity contribution in [1.29, 1.82) is 0 Å². The third kappa shape index (κ3) is 4.24. The number of anilines is 2. The standard InChI is InChI=1S/C20H11F6N5O/c21-19(22,23)11-3-4-15(28-9-11)30-14-7-16(32)31-13-6-10(8-29-18(13)14)17-12(20(24,25)26)2-1-5-27-17/h1-9H,(H2,28,30,31,32). The summed E-state index contributed by atoms with van der Waals surface area (Å²) in [5.41, 5.74) is -2.49. The minimum Gasteiger partial charge on any atom is -0.338 e. The zero-order valence-electron chi connectivity index (χ0n) is 15.7. The van der Waals surface area contributed by atoms with E-state index in [4.69, 9.17) is 0 Å². The molecule has 0 amide bonds. The highest BCUT2D eigenvalue weighted by Crippen LogP contribution is 2.36. The number of alkyl halides is 6. The Balaban J connectivity index is 1.76. The molecule has 4 aromatic rings. The number of rotatable bonds is 3. The Morgan fingerprint density at radius 2 is 1.66 bits per heavy atom. The van der Waals surface area contributed by atoms with E-state index in [-0.39, 0.29) is 33.8 Å². The number of hydrogen-bond donors (Lipinski definition) is 2. The summed E-state index contributed by atoms with van der Waals surface area (Å²) < 4.78 is 78.0. The summed E-state index contributed by atoms with van der Waals surface area (Å²) in [5.74, 6) is 0.0138. The third-order valence-corrected chi connectivity index (χ3v) is 4.42. The highest BCUT2D eigenvalue weighted by atomic mass is 19.4. The van der Waals surface area contributed by atoms with E-state index in [0.717, 1.165) is 36.5 Å². The number of nitrogens with one attached hydrogen (secondary N) is 2. The molecule has 4 heterocycles. The number of H-pyrrole nitrogens is 1. The van der Waals surface area contributed by atoms with Crippen LogP contribution in [0.3, 0.4) is 0 Å². The van der Waals surface area contributed by atoms with Crippen molar-refractivity contribution in [2.24, 2.45) is 0 Å². The maximum atomic E-state index is 13.3. The Hall–Kier alpha value is -3.96. The van der Waals surface area contributed by atoms with Gasteiger partial charge in [-0.15, -0.1) is 0 Å². The molecule has 0 unspecified atom stereocenters. The smallest absolute Gasteiger partial charge is 0.338 e. The fourth-order valence-corrected chi connectivity index (χ4v) is 3.01. The predicted octanol–water partition coefficient (Wildman–Crippen LogP) is 5.16. The fraction of sp³-hybridized carbons (Fsp3) is 0.100. The van der Waals surface area contributed by atoms with Gasteiger partial charge in [0.05, 0.1) is 28.0 Å². The Morgan fingerprint density at radius 1 is 0.875 bits per heavy atom. The van der Waals surface area contributed by atoms with Gasteiger partial charge in [0.15, 0.2) is 0 Å². The zero-order valence-corrected chi connectivity index (χ0v) is 15.7. The van der Waals surface area contributed by atoms with Crippen LogP contribution in [0.2, 0.25) is 0 Å². The van der Waals surface area contributed by atoms with Gasteiger partial charge in [-0.05, 0) is 30.3 Å². The first-order valence-electron chi connectivity index (χ1n) is 8.88. The van der Waals surface area contributed by atoms with Gasteiger partial charge in [-0.3, -0.25) is 14.8 Å². The van der Waals surface area contributed by atoms with E-state index in [1.54, 1.807) is 0 Å². The van der Waals surface area contributed by atoms with Crippen LogP contribution in [0.15, 0.2) is 59.8 Å². The van der Waals surface area contributed by atoms with E-state index in [1.807, 2.05) is 0 Å². The molecule has 0 bridgehead atoms. The van der Waals surface area contributed by atoms with E-state index in [0.29, 0.717) is 6.20 Å². The highest BCUT2D eigenvalue weighted by Gasteiger charge is 2.34. The van der Waals surface area contributed by atoms with E-state index >= 15 is 0 Å². The molecule has 0 fully saturated rings. The average Bonchev–Trinajstić information content (AvgIpc) is 2.72. The molecule has 0 atom stereocenters. The van der Waals surface area contributed by atoms with Crippen LogP contribution in [-0.4, -0.2) is 19.9 Å². The fourth-order valence-electron chi connectivity index (χ4n) is 3.01. The summed E-state index contributed by atoms with van der Waals surface area (Å²) in [6, 6.07) is 6.32. The van der Waals surface area contributed by atoms with Gasteiger partial charge in [0.2, 0.25) is 0 Å². The van der Waals surface area contributed by atoms with E-state index in [1.165, 1.54) is 12.3 Å². The molecule has 4 aromatic heterocycles. The number of halogens is 6. The maximum Gasteiger partial charge on any atom is 0.418 e. The Morgan fingerprint density at radius 3 is 2.31 bits per heavy atom. The quantitative estimate of drug-likeness (QED) is 0.421. The van der Waals surface area contributed by atoms with Gasteiger partial charge in [-0.2, -0.15) is 26.3 Å². The van der Waals surface area contributed by atoms with Crippen molar-refractivity contribution in [1.82, 2.24) is 19.9 Å². The van der Waals surface area contributed by atoms with Crippen LogP contribution in [0.4, 0.5) is 37.8 Å². The number of aromatic nitrogens is 4. The van der Waals surface area contributed by atoms with Crippen molar-refractivity contribution < 1.29 is 26.3 Å². The minimum absolute atomic E-state index is 0.0138. The molecule has 0 saturated carbocycles. The van der Waals surface area contributed by atoms with Crippen molar-refractivity contribution >= 4 is 22.5 Å². The molecule has 164 valence electrons. The molecule has 0 radical (unpaired) electrons. The van der Waals surface area contributed by atoms with Gasteiger partial charge >= 0.3 is 12.4 Å². The van der Waals surface area contributed by atoms with Crippen LogP contribution in [0, 0.1) is 0 Å². The lowest BCUT2D eigenvalue weighted by Crippen LogP contribution is -2.10. The lowest BCUT2D eigenvalue weighted by molar-refractivity contribution is -0.138. The summed E-state index contributed by atoms with van der Waals surface area (Å²) in [7, 11) is 0. The van der Waals surface area contributed by atoms with Crippen LogP contribution in [0.5, 0.6) is 0 Å². The van der Waals surface area contributed by atoms with Crippen LogP contribution in [0.1, 0.15) is 11.1 Å². The summed E-state index contributed by atoms with van der Waals surface area (Å²) in [6.45, 7) is 0. The van der Waals surface area contributed by atoms with Crippen LogP contribution in [-0.2, 0) is 12.4 Å². The highest BCUT2D eigenvalue weighted by molar-refractivity contribution is 5.91. The molecule has 0 aliphatic carbocycles. The van der Waals surface area contributed by atoms with Crippen molar-refractivity contribution in [3.63, 3.8) is 0 Å². The normalized spacial score (nSPS) is 12.2. The molecule has 32 heavy (non-hydrogen) atoms. The van der Waals surface area contributed by atoms with Gasteiger partial charge < -0.3 is 10.3 Å². The number of fused-ring (bicyclic) bond motifs is 1. The molecule has 0 aromatic carbocycles. The number of hydrogen-bond acceptors (Lipinski definition) is 5. The zero-order chi connectivity index (χ0) is 23.1. The van der Waals surface area contributed by atoms with Gasteiger partial charge in [0.25, 0.3) is 5.56 Å². The molecule has 4 rings (SSSR count). The van der Waals surface area contributed by atoms with E-state index in [9.17, 15) is 31.1 Å². The van der Waals surface area contributed by atoms with Gasteiger partial charge in [0, 0.05) is 30.2 Å². The second-order valence-electron chi connectivity index (χ2n) is 6.62. The summed E-state index contributed by atoms with van der Waals surface area (Å²) in [6.07, 6.45) is -6.22. The summed E-state index contributed by atoms with van der Waals surface area (Å²) in [5, 5.41) is 2.70. The second-order valence-corrected chi connectivity index (χ2v) is 6.62. The molecule has 0 spiro atoms. The van der Waals surface area contributed by atoms with E-state index < -0.39 is 29.0 Å². The second kappa shape index (κ2) is 7.62. The topological polar surface area (TPSA) is 83.6 Å². The Kier molecular flexibility index (Phi) is 5.07.